The number of sulfonamides is 1. The van der Waals surface area contributed by atoms with E-state index in [1.807, 2.05) is 19.9 Å². The number of hydrogen-bond acceptors (Lipinski definition) is 4. The zero-order chi connectivity index (χ0) is 23.6. The van der Waals surface area contributed by atoms with Gasteiger partial charge < -0.3 is 10.1 Å². The Hall–Kier alpha value is -3.39. The van der Waals surface area contributed by atoms with Crippen molar-refractivity contribution in [3.05, 3.63) is 89.2 Å². The highest BCUT2D eigenvalue weighted by Crippen LogP contribution is 2.37. The van der Waals surface area contributed by atoms with Gasteiger partial charge in [0, 0.05) is 6.54 Å². The van der Waals surface area contributed by atoms with Gasteiger partial charge in [-0.2, -0.15) is 0 Å². The van der Waals surface area contributed by atoms with E-state index in [4.69, 9.17) is 4.74 Å². The van der Waals surface area contributed by atoms with Crippen LogP contribution in [0.15, 0.2) is 71.6 Å². The molecular formula is C25H25FN2O4S. The lowest BCUT2D eigenvalue weighted by molar-refractivity contribution is -0.127. The van der Waals surface area contributed by atoms with Crippen molar-refractivity contribution < 1.29 is 22.3 Å². The molecule has 172 valence electrons. The average Bonchev–Trinajstić information content (AvgIpc) is 2.79. The van der Waals surface area contributed by atoms with Gasteiger partial charge in [-0.15, -0.1) is 0 Å². The Balaban J connectivity index is 1.55. The number of halogens is 1. The minimum absolute atomic E-state index is 0.144. The van der Waals surface area contributed by atoms with Gasteiger partial charge in [-0.1, -0.05) is 35.9 Å². The van der Waals surface area contributed by atoms with Crippen LogP contribution in [0.2, 0.25) is 0 Å². The van der Waals surface area contributed by atoms with Crippen molar-refractivity contribution >= 4 is 21.6 Å². The molecule has 1 aliphatic rings. The Kier molecular flexibility index (Phi) is 6.37. The normalized spacial score (nSPS) is 15.5. The highest BCUT2D eigenvalue weighted by Gasteiger charge is 2.37. The number of nitrogens with zero attached hydrogens (tertiary/aromatic N) is 1. The van der Waals surface area contributed by atoms with E-state index >= 15 is 0 Å². The summed E-state index contributed by atoms with van der Waals surface area (Å²) in [6, 6.07) is 17.9. The molecule has 0 aromatic heterocycles. The van der Waals surface area contributed by atoms with Crippen LogP contribution in [0.3, 0.4) is 0 Å². The van der Waals surface area contributed by atoms with E-state index in [1.54, 1.807) is 48.5 Å². The van der Waals surface area contributed by atoms with Gasteiger partial charge in [0.05, 0.1) is 17.1 Å². The van der Waals surface area contributed by atoms with Crippen molar-refractivity contribution in [1.82, 2.24) is 5.32 Å². The molecule has 1 unspecified atom stereocenters. The number of nitrogens with one attached hydrogen (secondary N) is 1. The summed E-state index contributed by atoms with van der Waals surface area (Å²) in [5, 5.41) is 2.80. The van der Waals surface area contributed by atoms with Crippen molar-refractivity contribution in [3.8, 4) is 5.75 Å². The molecule has 0 spiro atoms. The number of rotatable bonds is 6. The van der Waals surface area contributed by atoms with E-state index in [0.717, 1.165) is 16.7 Å². The number of anilines is 1. The van der Waals surface area contributed by atoms with E-state index in [-0.39, 0.29) is 17.3 Å². The van der Waals surface area contributed by atoms with Crippen LogP contribution < -0.4 is 14.4 Å². The van der Waals surface area contributed by atoms with Crippen molar-refractivity contribution in [1.29, 1.82) is 0 Å². The van der Waals surface area contributed by atoms with Gasteiger partial charge in [-0.05, 0) is 67.8 Å². The number of ether oxygens (including phenoxy) is 1. The lowest BCUT2D eigenvalue weighted by atomic mass is 10.1. The molecule has 0 saturated carbocycles. The van der Waals surface area contributed by atoms with Crippen LogP contribution in [0.25, 0.3) is 0 Å². The quantitative estimate of drug-likeness (QED) is 0.598. The SMILES string of the molecule is Cc1ccc(S(=O)(=O)N2CC(C(=O)NCCc3ccc(F)cc3)Oc3cc(C)ccc32)cc1. The van der Waals surface area contributed by atoms with Gasteiger partial charge in [-0.25, -0.2) is 12.8 Å². The summed E-state index contributed by atoms with van der Waals surface area (Å²) in [5.41, 5.74) is 3.12. The van der Waals surface area contributed by atoms with E-state index in [0.29, 0.717) is 24.4 Å². The van der Waals surface area contributed by atoms with E-state index < -0.39 is 22.0 Å². The summed E-state index contributed by atoms with van der Waals surface area (Å²) in [6.07, 6.45) is -0.493. The lowest BCUT2D eigenvalue weighted by Crippen LogP contribution is -2.51. The molecule has 1 amide bonds. The topological polar surface area (TPSA) is 75.7 Å². The van der Waals surface area contributed by atoms with Gasteiger partial charge in [0.15, 0.2) is 6.10 Å². The molecule has 0 aliphatic carbocycles. The summed E-state index contributed by atoms with van der Waals surface area (Å²) in [7, 11) is -3.90. The van der Waals surface area contributed by atoms with Gasteiger partial charge in [0.1, 0.15) is 11.6 Å². The maximum Gasteiger partial charge on any atom is 0.264 e. The van der Waals surface area contributed by atoms with E-state index in [1.165, 1.54) is 16.4 Å². The number of carbonyl (C=O) groups excluding carboxylic acids is 1. The Morgan fingerprint density at radius 2 is 1.70 bits per heavy atom. The van der Waals surface area contributed by atoms with Crippen molar-refractivity contribution in [2.75, 3.05) is 17.4 Å². The highest BCUT2D eigenvalue weighted by molar-refractivity contribution is 7.92. The van der Waals surface area contributed by atoms with Crippen molar-refractivity contribution in [3.63, 3.8) is 0 Å². The largest absolute Gasteiger partial charge is 0.476 e. The van der Waals surface area contributed by atoms with Gasteiger partial charge in [0.2, 0.25) is 0 Å². The number of aryl methyl sites for hydroxylation is 2. The third-order valence-corrected chi connectivity index (χ3v) is 7.31. The third kappa shape index (κ3) is 5.01. The van der Waals surface area contributed by atoms with Crippen LogP contribution in [0.1, 0.15) is 16.7 Å². The summed E-state index contributed by atoms with van der Waals surface area (Å²) >= 11 is 0. The minimum Gasteiger partial charge on any atom is -0.476 e. The summed E-state index contributed by atoms with van der Waals surface area (Å²) in [6.45, 7) is 3.93. The fourth-order valence-electron chi connectivity index (χ4n) is 3.66. The van der Waals surface area contributed by atoms with Crippen LogP contribution in [0.4, 0.5) is 10.1 Å². The number of amides is 1. The standard InChI is InChI=1S/C25H25FN2O4S/c1-17-3-10-21(11-4-17)33(30,31)28-16-24(32-23-15-18(2)5-12-22(23)28)25(29)27-14-13-19-6-8-20(26)9-7-19/h3-12,15,24H,13-14,16H2,1-2H3,(H,27,29). The van der Waals surface area contributed by atoms with E-state index in [2.05, 4.69) is 5.32 Å². The van der Waals surface area contributed by atoms with Gasteiger partial charge >= 0.3 is 0 Å². The first kappa shape index (κ1) is 22.8. The predicted molar refractivity (Wildman–Crippen MR) is 124 cm³/mol. The Labute approximate surface area is 193 Å². The van der Waals surface area contributed by atoms with Gasteiger partial charge in [0.25, 0.3) is 15.9 Å². The molecule has 3 aromatic rings. The predicted octanol–water partition coefficient (Wildman–Crippen LogP) is 3.76. The number of hydrogen-bond donors (Lipinski definition) is 1. The fraction of sp³-hybridized carbons (Fsp3) is 0.240. The van der Waals surface area contributed by atoms with E-state index in [9.17, 15) is 17.6 Å². The lowest BCUT2D eigenvalue weighted by Gasteiger charge is -2.35. The van der Waals surface area contributed by atoms with Crippen LogP contribution in [0, 0.1) is 19.7 Å². The molecule has 33 heavy (non-hydrogen) atoms. The molecule has 3 aromatic carbocycles. The number of benzene rings is 3. The Morgan fingerprint density at radius 3 is 2.39 bits per heavy atom. The molecule has 6 nitrogen and oxygen atoms in total. The first-order valence-corrected chi connectivity index (χ1v) is 12.1. The molecule has 1 atom stereocenters. The fourth-order valence-corrected chi connectivity index (χ4v) is 5.13. The van der Waals surface area contributed by atoms with Crippen molar-refractivity contribution in [2.45, 2.75) is 31.3 Å². The first-order valence-electron chi connectivity index (χ1n) is 10.6. The summed E-state index contributed by atoms with van der Waals surface area (Å²) < 4.78 is 47.1. The first-order chi connectivity index (χ1) is 15.7. The molecule has 1 aliphatic heterocycles. The summed E-state index contributed by atoms with van der Waals surface area (Å²) in [4.78, 5) is 13.0. The smallest absolute Gasteiger partial charge is 0.264 e. The number of carbonyl (C=O) groups is 1. The molecule has 1 heterocycles. The average molecular weight is 469 g/mol. The van der Waals surface area contributed by atoms with Crippen LogP contribution >= 0.6 is 0 Å². The zero-order valence-electron chi connectivity index (χ0n) is 18.4. The maximum absolute atomic E-state index is 13.4. The molecule has 0 saturated heterocycles. The highest BCUT2D eigenvalue weighted by atomic mass is 32.2. The second-order valence-electron chi connectivity index (χ2n) is 8.09. The molecule has 0 fully saturated rings. The molecule has 1 N–H and O–H groups in total. The van der Waals surface area contributed by atoms with Gasteiger partial charge in [-0.3, -0.25) is 9.10 Å². The van der Waals surface area contributed by atoms with Crippen LogP contribution in [0.5, 0.6) is 5.75 Å². The molecule has 8 heteroatoms. The minimum atomic E-state index is -3.90. The Bertz CT molecular complexity index is 1260. The van der Waals surface area contributed by atoms with Crippen LogP contribution in [-0.2, 0) is 21.2 Å². The molecule has 0 radical (unpaired) electrons. The third-order valence-electron chi connectivity index (χ3n) is 5.51. The van der Waals surface area contributed by atoms with Crippen molar-refractivity contribution in [2.24, 2.45) is 0 Å². The number of fused-ring (bicyclic) bond motifs is 1. The maximum atomic E-state index is 13.4. The summed E-state index contributed by atoms with van der Waals surface area (Å²) in [5.74, 6) is -0.383. The molecule has 4 rings (SSSR count). The Morgan fingerprint density at radius 1 is 1.03 bits per heavy atom. The molecule has 0 bridgehead atoms. The second kappa shape index (κ2) is 9.23. The monoisotopic (exact) mass is 468 g/mol. The zero-order valence-corrected chi connectivity index (χ0v) is 19.2. The van der Waals surface area contributed by atoms with Crippen LogP contribution in [-0.4, -0.2) is 33.5 Å². The molecular weight excluding hydrogens is 443 g/mol. The second-order valence-corrected chi connectivity index (χ2v) is 9.96.